The van der Waals surface area contributed by atoms with Crippen molar-refractivity contribution in [3.05, 3.63) is 41.0 Å². The number of hydrogen-bond donors (Lipinski definition) is 1. The van der Waals surface area contributed by atoms with Gasteiger partial charge in [0.1, 0.15) is 0 Å². The number of carbonyl (C=O) groups excluding carboxylic acids is 1. The zero-order chi connectivity index (χ0) is 10.8. The van der Waals surface area contributed by atoms with E-state index < -0.39 is 0 Å². The average Bonchev–Trinajstić information content (AvgIpc) is 2.66. The molecule has 0 unspecified atom stereocenters. The van der Waals surface area contributed by atoms with E-state index in [0.29, 0.717) is 4.88 Å². The second-order valence-corrected chi connectivity index (χ2v) is 4.30. The van der Waals surface area contributed by atoms with Gasteiger partial charge < -0.3 is 5.73 Å². The number of aromatic nitrogens is 1. The van der Waals surface area contributed by atoms with Crippen LogP contribution in [0.25, 0.3) is 10.4 Å². The number of nitrogens with two attached hydrogens (primary N) is 1. The number of aryl methyl sites for hydroxylation is 1. The normalized spacial score (nSPS) is 10.2. The summed E-state index contributed by atoms with van der Waals surface area (Å²) in [6.07, 6.45) is 1.76. The molecule has 0 aliphatic heterocycles. The fraction of sp³-hybridized carbons (Fsp3) is 0.0909. The van der Waals surface area contributed by atoms with E-state index in [-0.39, 0.29) is 5.91 Å². The van der Waals surface area contributed by atoms with Crippen molar-refractivity contribution in [2.45, 2.75) is 6.92 Å². The molecule has 0 spiro atoms. The van der Waals surface area contributed by atoms with Crippen molar-refractivity contribution in [2.75, 3.05) is 0 Å². The SMILES string of the molecule is Cc1cc(-c2ccc(C(N)=O)s2)ccn1. The minimum absolute atomic E-state index is 0.378. The summed E-state index contributed by atoms with van der Waals surface area (Å²) >= 11 is 1.40. The highest BCUT2D eigenvalue weighted by Crippen LogP contribution is 2.27. The molecule has 0 saturated heterocycles. The molecule has 2 aromatic heterocycles. The Bertz CT molecular complexity index is 505. The van der Waals surface area contributed by atoms with Crippen molar-refractivity contribution < 1.29 is 4.79 Å². The molecule has 15 heavy (non-hydrogen) atoms. The molecule has 3 nitrogen and oxygen atoms in total. The second-order valence-electron chi connectivity index (χ2n) is 3.21. The summed E-state index contributed by atoms with van der Waals surface area (Å²) in [7, 11) is 0. The molecule has 0 aliphatic rings. The third-order valence-electron chi connectivity index (χ3n) is 2.03. The maximum Gasteiger partial charge on any atom is 0.258 e. The molecular formula is C11H10N2OS. The van der Waals surface area contributed by atoms with Gasteiger partial charge in [-0.15, -0.1) is 11.3 Å². The fourth-order valence-corrected chi connectivity index (χ4v) is 2.18. The van der Waals surface area contributed by atoms with E-state index in [0.717, 1.165) is 16.1 Å². The van der Waals surface area contributed by atoms with E-state index in [2.05, 4.69) is 4.98 Å². The van der Waals surface area contributed by atoms with Gasteiger partial charge in [0, 0.05) is 16.8 Å². The molecule has 2 N–H and O–H groups in total. The van der Waals surface area contributed by atoms with Crippen molar-refractivity contribution >= 4 is 17.2 Å². The molecular weight excluding hydrogens is 208 g/mol. The summed E-state index contributed by atoms with van der Waals surface area (Å²) < 4.78 is 0. The number of carbonyl (C=O) groups is 1. The van der Waals surface area contributed by atoms with Crippen LogP contribution in [0.1, 0.15) is 15.4 Å². The first kappa shape index (κ1) is 9.86. The Balaban J connectivity index is 2.41. The maximum absolute atomic E-state index is 10.9. The Morgan fingerprint density at radius 1 is 1.40 bits per heavy atom. The van der Waals surface area contributed by atoms with Crippen LogP contribution in [0.15, 0.2) is 30.5 Å². The number of thiophene rings is 1. The van der Waals surface area contributed by atoms with E-state index in [9.17, 15) is 4.79 Å². The van der Waals surface area contributed by atoms with Crippen LogP contribution in [0.2, 0.25) is 0 Å². The molecule has 0 atom stereocenters. The summed E-state index contributed by atoms with van der Waals surface area (Å²) in [5.41, 5.74) is 7.22. The van der Waals surface area contributed by atoms with Gasteiger partial charge in [-0.3, -0.25) is 9.78 Å². The zero-order valence-corrected chi connectivity index (χ0v) is 9.04. The molecule has 1 amide bonds. The van der Waals surface area contributed by atoms with Crippen LogP contribution in [-0.4, -0.2) is 10.9 Å². The van der Waals surface area contributed by atoms with Gasteiger partial charge in [0.05, 0.1) is 4.88 Å². The van der Waals surface area contributed by atoms with Gasteiger partial charge in [-0.1, -0.05) is 0 Å². The predicted octanol–water partition coefficient (Wildman–Crippen LogP) is 2.22. The minimum Gasteiger partial charge on any atom is -0.365 e. The van der Waals surface area contributed by atoms with Gasteiger partial charge in [-0.05, 0) is 36.8 Å². The van der Waals surface area contributed by atoms with Gasteiger partial charge in [0.15, 0.2) is 0 Å². The lowest BCUT2D eigenvalue weighted by Crippen LogP contribution is -2.07. The summed E-state index contributed by atoms with van der Waals surface area (Å²) in [5.74, 6) is -0.378. The first-order chi connectivity index (χ1) is 7.16. The third-order valence-corrected chi connectivity index (χ3v) is 3.18. The van der Waals surface area contributed by atoms with Crippen LogP contribution in [0.3, 0.4) is 0 Å². The van der Waals surface area contributed by atoms with Crippen LogP contribution in [0, 0.1) is 6.92 Å². The maximum atomic E-state index is 10.9. The van der Waals surface area contributed by atoms with Gasteiger partial charge in [-0.25, -0.2) is 0 Å². The molecule has 0 bridgehead atoms. The Hall–Kier alpha value is -1.68. The molecule has 2 heterocycles. The monoisotopic (exact) mass is 218 g/mol. The predicted molar refractivity (Wildman–Crippen MR) is 60.8 cm³/mol. The summed E-state index contributed by atoms with van der Waals surface area (Å²) in [4.78, 5) is 16.7. The lowest BCUT2D eigenvalue weighted by molar-refractivity contribution is 0.100. The molecule has 0 aliphatic carbocycles. The van der Waals surface area contributed by atoms with Crippen molar-refractivity contribution in [2.24, 2.45) is 5.73 Å². The average molecular weight is 218 g/mol. The number of primary amides is 1. The molecule has 76 valence electrons. The van der Waals surface area contributed by atoms with Crippen LogP contribution in [0.4, 0.5) is 0 Å². The first-order valence-electron chi connectivity index (χ1n) is 4.49. The third kappa shape index (κ3) is 2.05. The number of pyridine rings is 1. The van der Waals surface area contributed by atoms with Crippen LogP contribution in [0.5, 0.6) is 0 Å². The Morgan fingerprint density at radius 3 is 2.80 bits per heavy atom. The Kier molecular flexibility index (Phi) is 2.51. The molecule has 0 saturated carbocycles. The summed E-state index contributed by atoms with van der Waals surface area (Å²) in [6.45, 7) is 1.94. The lowest BCUT2D eigenvalue weighted by atomic mass is 10.2. The van der Waals surface area contributed by atoms with E-state index in [1.54, 1.807) is 12.3 Å². The molecule has 0 aromatic carbocycles. The van der Waals surface area contributed by atoms with Crippen molar-refractivity contribution in [3.63, 3.8) is 0 Å². The van der Waals surface area contributed by atoms with Crippen molar-refractivity contribution in [3.8, 4) is 10.4 Å². The van der Waals surface area contributed by atoms with Gasteiger partial charge in [0.25, 0.3) is 5.91 Å². The number of hydrogen-bond acceptors (Lipinski definition) is 3. The van der Waals surface area contributed by atoms with E-state index >= 15 is 0 Å². The van der Waals surface area contributed by atoms with E-state index in [4.69, 9.17) is 5.73 Å². The molecule has 4 heteroatoms. The van der Waals surface area contributed by atoms with Crippen LogP contribution in [-0.2, 0) is 0 Å². The summed E-state index contributed by atoms with van der Waals surface area (Å²) in [6, 6.07) is 7.55. The van der Waals surface area contributed by atoms with E-state index in [1.165, 1.54) is 11.3 Å². The topological polar surface area (TPSA) is 56.0 Å². The first-order valence-corrected chi connectivity index (χ1v) is 5.31. The number of nitrogens with zero attached hydrogens (tertiary/aromatic N) is 1. The highest BCUT2D eigenvalue weighted by atomic mass is 32.1. The highest BCUT2D eigenvalue weighted by molar-refractivity contribution is 7.17. The van der Waals surface area contributed by atoms with Crippen molar-refractivity contribution in [1.82, 2.24) is 4.98 Å². The number of amides is 1. The molecule has 2 aromatic rings. The zero-order valence-electron chi connectivity index (χ0n) is 8.23. The minimum atomic E-state index is -0.378. The largest absolute Gasteiger partial charge is 0.365 e. The van der Waals surface area contributed by atoms with Gasteiger partial charge in [-0.2, -0.15) is 0 Å². The van der Waals surface area contributed by atoms with Crippen LogP contribution < -0.4 is 5.73 Å². The second kappa shape index (κ2) is 3.82. The Morgan fingerprint density at radius 2 is 2.20 bits per heavy atom. The van der Waals surface area contributed by atoms with E-state index in [1.807, 2.05) is 25.1 Å². The smallest absolute Gasteiger partial charge is 0.258 e. The van der Waals surface area contributed by atoms with Gasteiger partial charge >= 0.3 is 0 Å². The van der Waals surface area contributed by atoms with Gasteiger partial charge in [0.2, 0.25) is 0 Å². The standard InChI is InChI=1S/C11H10N2OS/c1-7-6-8(4-5-13-7)9-2-3-10(15-9)11(12)14/h2-6H,1H3,(H2,12,14). The Labute approximate surface area is 91.6 Å². The van der Waals surface area contributed by atoms with Crippen molar-refractivity contribution in [1.29, 1.82) is 0 Å². The molecule has 2 rings (SSSR count). The summed E-state index contributed by atoms with van der Waals surface area (Å²) in [5, 5.41) is 0. The highest BCUT2D eigenvalue weighted by Gasteiger charge is 2.06. The number of rotatable bonds is 2. The molecule has 0 radical (unpaired) electrons. The van der Waals surface area contributed by atoms with Crippen LogP contribution >= 0.6 is 11.3 Å². The fourth-order valence-electron chi connectivity index (χ4n) is 1.32. The lowest BCUT2D eigenvalue weighted by Gasteiger charge is -1.97. The quantitative estimate of drug-likeness (QED) is 0.840. The molecule has 0 fully saturated rings.